The molecule has 1 heterocycles. The Morgan fingerprint density at radius 3 is 2.14 bits per heavy atom. The van der Waals surface area contributed by atoms with Gasteiger partial charge in [0.15, 0.2) is 6.61 Å². The maximum Gasteiger partial charge on any atom is 0.342 e. The van der Waals surface area contributed by atoms with E-state index >= 15 is 0 Å². The van der Waals surface area contributed by atoms with Crippen molar-refractivity contribution in [3.05, 3.63) is 95.6 Å². The van der Waals surface area contributed by atoms with E-state index in [0.717, 1.165) is 5.69 Å². The third kappa shape index (κ3) is 6.13. The second-order valence-corrected chi connectivity index (χ2v) is 8.00. The second-order valence-electron chi connectivity index (χ2n) is 7.56. The lowest BCUT2D eigenvalue weighted by Gasteiger charge is -2.08. The lowest BCUT2D eigenvalue weighted by atomic mass is 10.1. The van der Waals surface area contributed by atoms with Gasteiger partial charge in [-0.05, 0) is 48.5 Å². The van der Waals surface area contributed by atoms with Crippen molar-refractivity contribution in [2.24, 2.45) is 0 Å². The molecule has 2 amide bonds. The molecule has 0 saturated heterocycles. The highest BCUT2D eigenvalue weighted by Gasteiger charge is 2.21. The first-order valence-corrected chi connectivity index (χ1v) is 11.0. The SMILES string of the molecule is CC(=O)Nc1ccc(NC(=O)COC(=O)c2cn(-c3ccccc3)nc2-c2ccc(Cl)cc2)cc1. The van der Waals surface area contributed by atoms with Gasteiger partial charge in [0.25, 0.3) is 5.91 Å². The first-order chi connectivity index (χ1) is 16.9. The van der Waals surface area contributed by atoms with Crippen molar-refractivity contribution in [3.63, 3.8) is 0 Å². The normalized spacial score (nSPS) is 10.5. The average Bonchev–Trinajstić information content (AvgIpc) is 3.30. The minimum absolute atomic E-state index is 0.192. The van der Waals surface area contributed by atoms with Gasteiger partial charge in [-0.15, -0.1) is 0 Å². The number of rotatable bonds is 7. The van der Waals surface area contributed by atoms with Crippen LogP contribution in [0.4, 0.5) is 11.4 Å². The lowest BCUT2D eigenvalue weighted by Crippen LogP contribution is -2.21. The molecule has 0 aliphatic rings. The van der Waals surface area contributed by atoms with Gasteiger partial charge >= 0.3 is 5.97 Å². The molecule has 0 bridgehead atoms. The molecule has 4 aromatic rings. The van der Waals surface area contributed by atoms with Crippen LogP contribution >= 0.6 is 11.6 Å². The van der Waals surface area contributed by atoms with Crippen LogP contribution in [0.15, 0.2) is 85.1 Å². The summed E-state index contributed by atoms with van der Waals surface area (Å²) in [5.41, 5.74) is 3.17. The maximum atomic E-state index is 12.9. The Balaban J connectivity index is 1.48. The molecule has 9 heteroatoms. The Labute approximate surface area is 206 Å². The number of benzene rings is 3. The van der Waals surface area contributed by atoms with Gasteiger partial charge in [-0.1, -0.05) is 41.9 Å². The lowest BCUT2D eigenvalue weighted by molar-refractivity contribution is -0.119. The number of aromatic nitrogens is 2. The van der Waals surface area contributed by atoms with Crippen LogP contribution in [0.3, 0.4) is 0 Å². The number of anilines is 2. The zero-order valence-electron chi connectivity index (χ0n) is 18.7. The minimum atomic E-state index is -0.687. The molecule has 2 N–H and O–H groups in total. The van der Waals surface area contributed by atoms with Crippen molar-refractivity contribution in [2.75, 3.05) is 17.2 Å². The van der Waals surface area contributed by atoms with Crippen molar-refractivity contribution in [3.8, 4) is 16.9 Å². The number of nitrogens with zero attached hydrogens (tertiary/aromatic N) is 2. The Kier molecular flexibility index (Phi) is 7.23. The third-order valence-electron chi connectivity index (χ3n) is 4.90. The number of ether oxygens (including phenoxy) is 1. The van der Waals surface area contributed by atoms with E-state index in [1.165, 1.54) is 6.92 Å². The molecule has 0 saturated carbocycles. The van der Waals surface area contributed by atoms with Crippen molar-refractivity contribution >= 4 is 40.8 Å². The number of hydrogen-bond donors (Lipinski definition) is 2. The van der Waals surface area contributed by atoms with Crippen LogP contribution in [0.1, 0.15) is 17.3 Å². The molecule has 176 valence electrons. The number of carbonyl (C=O) groups is 3. The summed E-state index contributed by atoms with van der Waals surface area (Å²) in [6.07, 6.45) is 1.57. The van der Waals surface area contributed by atoms with Crippen LogP contribution in [-0.2, 0) is 14.3 Å². The molecule has 0 fully saturated rings. The van der Waals surface area contributed by atoms with Crippen LogP contribution in [0.25, 0.3) is 16.9 Å². The molecule has 0 aliphatic heterocycles. The van der Waals surface area contributed by atoms with E-state index < -0.39 is 18.5 Å². The van der Waals surface area contributed by atoms with Crippen LogP contribution in [0.5, 0.6) is 0 Å². The van der Waals surface area contributed by atoms with Gasteiger partial charge in [0, 0.05) is 35.1 Å². The molecular weight excluding hydrogens is 468 g/mol. The fourth-order valence-electron chi connectivity index (χ4n) is 3.30. The van der Waals surface area contributed by atoms with Gasteiger partial charge in [-0.2, -0.15) is 5.10 Å². The summed E-state index contributed by atoms with van der Waals surface area (Å²) in [6.45, 7) is 0.925. The summed E-state index contributed by atoms with van der Waals surface area (Å²) in [6, 6.07) is 22.8. The van der Waals surface area contributed by atoms with Crippen molar-refractivity contribution in [1.82, 2.24) is 9.78 Å². The van der Waals surface area contributed by atoms with Gasteiger partial charge < -0.3 is 15.4 Å². The summed E-state index contributed by atoms with van der Waals surface area (Å²) in [4.78, 5) is 36.4. The Bertz CT molecular complexity index is 1350. The van der Waals surface area contributed by atoms with Gasteiger partial charge in [-0.3, -0.25) is 9.59 Å². The number of nitrogens with one attached hydrogen (secondary N) is 2. The molecule has 8 nitrogen and oxygen atoms in total. The number of para-hydroxylation sites is 1. The largest absolute Gasteiger partial charge is 0.452 e. The van der Waals surface area contributed by atoms with Crippen molar-refractivity contribution < 1.29 is 19.1 Å². The van der Waals surface area contributed by atoms with E-state index in [2.05, 4.69) is 15.7 Å². The van der Waals surface area contributed by atoms with E-state index in [1.54, 1.807) is 59.4 Å². The number of hydrogen-bond acceptors (Lipinski definition) is 5. The standard InChI is InChI=1S/C26H21ClN4O4/c1-17(32)28-20-11-13-21(14-12-20)29-24(33)16-35-26(34)23-15-31(22-5-3-2-4-6-22)30-25(23)18-7-9-19(27)10-8-18/h2-15H,16H2,1H3,(H,28,32)(H,29,33). The highest BCUT2D eigenvalue weighted by atomic mass is 35.5. The molecule has 3 aromatic carbocycles. The smallest absolute Gasteiger partial charge is 0.342 e. The molecule has 0 spiro atoms. The van der Waals surface area contributed by atoms with E-state index in [1.807, 2.05) is 30.3 Å². The van der Waals surface area contributed by atoms with Gasteiger partial charge in [0.2, 0.25) is 5.91 Å². The molecule has 4 rings (SSSR count). The topological polar surface area (TPSA) is 102 Å². The zero-order chi connectivity index (χ0) is 24.8. The molecule has 0 atom stereocenters. The summed E-state index contributed by atoms with van der Waals surface area (Å²) >= 11 is 6.00. The molecule has 35 heavy (non-hydrogen) atoms. The van der Waals surface area contributed by atoms with E-state index in [0.29, 0.717) is 27.7 Å². The fraction of sp³-hybridized carbons (Fsp3) is 0.0769. The third-order valence-corrected chi connectivity index (χ3v) is 5.15. The second kappa shape index (κ2) is 10.7. The summed E-state index contributed by atoms with van der Waals surface area (Å²) in [5, 5.41) is 10.4. The highest BCUT2D eigenvalue weighted by Crippen LogP contribution is 2.26. The first-order valence-electron chi connectivity index (χ1n) is 10.6. The molecule has 0 aliphatic carbocycles. The van der Waals surface area contributed by atoms with E-state index in [-0.39, 0.29) is 11.5 Å². The zero-order valence-corrected chi connectivity index (χ0v) is 19.5. The maximum absolute atomic E-state index is 12.9. The molecular formula is C26H21ClN4O4. The van der Waals surface area contributed by atoms with Crippen molar-refractivity contribution in [2.45, 2.75) is 6.92 Å². The first kappa shape index (κ1) is 23.7. The average molecular weight is 489 g/mol. The number of carbonyl (C=O) groups excluding carboxylic acids is 3. The Hall–Kier alpha value is -4.43. The number of halogens is 1. The van der Waals surface area contributed by atoms with E-state index in [4.69, 9.17) is 16.3 Å². The number of amides is 2. The minimum Gasteiger partial charge on any atom is -0.452 e. The van der Waals surface area contributed by atoms with Crippen molar-refractivity contribution in [1.29, 1.82) is 0 Å². The summed E-state index contributed by atoms with van der Waals surface area (Å²) < 4.78 is 6.87. The summed E-state index contributed by atoms with van der Waals surface area (Å²) in [7, 11) is 0. The Morgan fingerprint density at radius 1 is 0.886 bits per heavy atom. The van der Waals surface area contributed by atoms with Crippen LogP contribution in [0, 0.1) is 0 Å². The monoisotopic (exact) mass is 488 g/mol. The van der Waals surface area contributed by atoms with Crippen LogP contribution in [0.2, 0.25) is 5.02 Å². The quantitative estimate of drug-likeness (QED) is 0.358. The highest BCUT2D eigenvalue weighted by molar-refractivity contribution is 6.30. The van der Waals surface area contributed by atoms with Gasteiger partial charge in [-0.25, -0.2) is 9.48 Å². The fourth-order valence-corrected chi connectivity index (χ4v) is 3.43. The van der Waals surface area contributed by atoms with Crippen LogP contribution < -0.4 is 10.6 Å². The van der Waals surface area contributed by atoms with E-state index in [9.17, 15) is 14.4 Å². The molecule has 0 radical (unpaired) electrons. The molecule has 1 aromatic heterocycles. The van der Waals surface area contributed by atoms with Gasteiger partial charge in [0.05, 0.1) is 5.69 Å². The molecule has 0 unspecified atom stereocenters. The van der Waals surface area contributed by atoms with Gasteiger partial charge in [0.1, 0.15) is 11.3 Å². The number of esters is 1. The predicted molar refractivity (Wildman–Crippen MR) is 134 cm³/mol. The summed E-state index contributed by atoms with van der Waals surface area (Å²) in [5.74, 6) is -1.38. The Morgan fingerprint density at radius 2 is 1.51 bits per heavy atom. The van der Waals surface area contributed by atoms with Crippen LogP contribution in [-0.4, -0.2) is 34.2 Å². The predicted octanol–water partition coefficient (Wildman–Crippen LogP) is 4.95.